The van der Waals surface area contributed by atoms with Crippen LogP contribution in [-0.4, -0.2) is 6.54 Å². The Morgan fingerprint density at radius 1 is 1.36 bits per heavy atom. The summed E-state index contributed by atoms with van der Waals surface area (Å²) >= 11 is 2.31. The number of fused-ring (bicyclic) bond motifs is 1. The van der Waals surface area contributed by atoms with Gasteiger partial charge in [0.25, 0.3) is 0 Å². The van der Waals surface area contributed by atoms with Crippen molar-refractivity contribution in [2.24, 2.45) is 0 Å². The monoisotopic (exact) mass is 257 g/mol. The molecule has 1 aliphatic heterocycles. The van der Waals surface area contributed by atoms with Crippen molar-refractivity contribution in [3.05, 3.63) is 36.4 Å². The first-order valence-corrected chi connectivity index (χ1v) is 4.46. The molecule has 0 aliphatic carbocycles. The van der Waals surface area contributed by atoms with E-state index < -0.39 is 0 Å². The second-order valence-corrected chi connectivity index (χ2v) is 3.81. The highest BCUT2D eigenvalue weighted by Crippen LogP contribution is 2.36. The molecule has 0 fully saturated rings. The zero-order chi connectivity index (χ0) is 7.84. The molecule has 11 heavy (non-hydrogen) atoms. The van der Waals surface area contributed by atoms with E-state index in [1.165, 1.54) is 16.8 Å². The number of nitrogens with zero attached hydrogens (tertiary/aromatic N) is 1. The van der Waals surface area contributed by atoms with E-state index in [-0.39, 0.29) is 0 Å². The van der Waals surface area contributed by atoms with Crippen molar-refractivity contribution in [1.29, 1.82) is 0 Å². The molecule has 0 unspecified atom stereocenters. The van der Waals surface area contributed by atoms with E-state index in [0.29, 0.717) is 0 Å². The van der Waals surface area contributed by atoms with Crippen molar-refractivity contribution in [2.75, 3.05) is 9.66 Å². The molecule has 1 aromatic carbocycles. The van der Waals surface area contributed by atoms with Gasteiger partial charge in [0.05, 0.1) is 35.1 Å². The molecule has 0 saturated carbocycles. The standard InChI is InChI=1S/C9H8IN/c1-7-6-11(10)9-5-3-2-4-8(7)9/h2-5H,1,6H2. The lowest BCUT2D eigenvalue weighted by Gasteiger charge is -2.06. The molecule has 2 rings (SSSR count). The summed E-state index contributed by atoms with van der Waals surface area (Å²) in [4.78, 5) is 0. The van der Waals surface area contributed by atoms with Gasteiger partial charge >= 0.3 is 0 Å². The summed E-state index contributed by atoms with van der Waals surface area (Å²) in [6.07, 6.45) is 0. The van der Waals surface area contributed by atoms with Crippen LogP contribution in [0.25, 0.3) is 5.57 Å². The average molecular weight is 257 g/mol. The topological polar surface area (TPSA) is 3.24 Å². The lowest BCUT2D eigenvalue weighted by atomic mass is 10.1. The molecule has 56 valence electrons. The zero-order valence-electron chi connectivity index (χ0n) is 6.05. The molecule has 0 aromatic heterocycles. The first-order chi connectivity index (χ1) is 5.29. The summed E-state index contributed by atoms with van der Waals surface area (Å²) in [5.74, 6) is 0. The third kappa shape index (κ3) is 1.05. The SMILES string of the molecule is C=C1CN(I)c2ccccc21. The molecule has 0 atom stereocenters. The van der Waals surface area contributed by atoms with Gasteiger partial charge in [0.2, 0.25) is 0 Å². The predicted octanol–water partition coefficient (Wildman–Crippen LogP) is 2.87. The van der Waals surface area contributed by atoms with Crippen molar-refractivity contribution in [2.45, 2.75) is 0 Å². The smallest absolute Gasteiger partial charge is 0.0594 e. The Morgan fingerprint density at radius 2 is 2.09 bits per heavy atom. The second kappa shape index (κ2) is 2.52. The quantitative estimate of drug-likeness (QED) is 0.510. The Labute approximate surface area is 80.2 Å². The molecule has 0 saturated heterocycles. The van der Waals surface area contributed by atoms with Crippen LogP contribution in [0, 0.1) is 0 Å². The van der Waals surface area contributed by atoms with Crippen molar-refractivity contribution in [3.8, 4) is 0 Å². The summed E-state index contributed by atoms with van der Waals surface area (Å²) in [5.41, 5.74) is 3.80. The van der Waals surface area contributed by atoms with Crippen LogP contribution in [0.2, 0.25) is 0 Å². The molecule has 1 aliphatic rings. The van der Waals surface area contributed by atoms with E-state index in [9.17, 15) is 0 Å². The Hall–Kier alpha value is -0.510. The van der Waals surface area contributed by atoms with E-state index in [4.69, 9.17) is 0 Å². The fourth-order valence-corrected chi connectivity index (χ4v) is 2.15. The maximum Gasteiger partial charge on any atom is 0.0594 e. The van der Waals surface area contributed by atoms with Gasteiger partial charge in [-0.25, -0.2) is 0 Å². The molecular weight excluding hydrogens is 249 g/mol. The number of halogens is 1. The van der Waals surface area contributed by atoms with Crippen LogP contribution >= 0.6 is 22.9 Å². The summed E-state index contributed by atoms with van der Waals surface area (Å²) < 4.78 is 2.19. The van der Waals surface area contributed by atoms with Gasteiger partial charge in [-0.05, 0) is 11.6 Å². The summed E-state index contributed by atoms with van der Waals surface area (Å²) in [5, 5.41) is 0. The third-order valence-electron chi connectivity index (χ3n) is 1.88. The highest BCUT2D eigenvalue weighted by atomic mass is 127. The fourth-order valence-electron chi connectivity index (χ4n) is 1.32. The number of anilines is 1. The molecule has 2 heteroatoms. The summed E-state index contributed by atoms with van der Waals surface area (Å²) in [7, 11) is 0. The first kappa shape index (κ1) is 7.16. The lowest BCUT2D eigenvalue weighted by molar-refractivity contribution is 1.35. The number of rotatable bonds is 0. The zero-order valence-corrected chi connectivity index (χ0v) is 8.21. The van der Waals surface area contributed by atoms with E-state index in [1.54, 1.807) is 0 Å². The highest BCUT2D eigenvalue weighted by Gasteiger charge is 2.18. The van der Waals surface area contributed by atoms with Crippen LogP contribution in [0.4, 0.5) is 5.69 Å². The Bertz CT molecular complexity index is 306. The van der Waals surface area contributed by atoms with Crippen molar-refractivity contribution >= 4 is 34.1 Å². The van der Waals surface area contributed by atoms with Crippen molar-refractivity contribution < 1.29 is 0 Å². The number of hydrogen-bond donors (Lipinski definition) is 0. The van der Waals surface area contributed by atoms with Gasteiger partial charge in [0.1, 0.15) is 0 Å². The molecule has 0 N–H and O–H groups in total. The van der Waals surface area contributed by atoms with E-state index in [1.807, 2.05) is 0 Å². The lowest BCUT2D eigenvalue weighted by Crippen LogP contribution is -2.02. The maximum atomic E-state index is 4.00. The van der Waals surface area contributed by atoms with Gasteiger partial charge < -0.3 is 3.11 Å². The summed E-state index contributed by atoms with van der Waals surface area (Å²) in [6, 6.07) is 8.36. The molecule has 0 amide bonds. The minimum atomic E-state index is 0.958. The van der Waals surface area contributed by atoms with Crippen LogP contribution in [0.3, 0.4) is 0 Å². The summed E-state index contributed by atoms with van der Waals surface area (Å²) in [6.45, 7) is 4.96. The minimum Gasteiger partial charge on any atom is -0.310 e. The van der Waals surface area contributed by atoms with Gasteiger partial charge in [-0.2, -0.15) is 0 Å². The van der Waals surface area contributed by atoms with Gasteiger partial charge in [-0.3, -0.25) is 0 Å². The maximum absolute atomic E-state index is 4.00. The molecule has 0 bridgehead atoms. The number of benzene rings is 1. The van der Waals surface area contributed by atoms with Crippen LogP contribution in [0.5, 0.6) is 0 Å². The van der Waals surface area contributed by atoms with Gasteiger partial charge in [-0.15, -0.1) is 0 Å². The second-order valence-electron chi connectivity index (χ2n) is 2.64. The largest absolute Gasteiger partial charge is 0.310 e. The minimum absolute atomic E-state index is 0.958. The molecule has 1 nitrogen and oxygen atoms in total. The molecule has 1 heterocycles. The third-order valence-corrected chi connectivity index (χ3v) is 2.74. The predicted molar refractivity (Wildman–Crippen MR) is 56.8 cm³/mol. The van der Waals surface area contributed by atoms with E-state index in [0.717, 1.165) is 6.54 Å². The van der Waals surface area contributed by atoms with Crippen molar-refractivity contribution in [3.63, 3.8) is 0 Å². The Morgan fingerprint density at radius 3 is 2.82 bits per heavy atom. The Balaban J connectivity index is 2.60. The average Bonchev–Trinajstić information content (AvgIpc) is 2.30. The normalized spacial score (nSPS) is 15.4. The van der Waals surface area contributed by atoms with E-state index >= 15 is 0 Å². The number of para-hydroxylation sites is 1. The van der Waals surface area contributed by atoms with Gasteiger partial charge in [0.15, 0.2) is 0 Å². The van der Waals surface area contributed by atoms with Crippen molar-refractivity contribution in [1.82, 2.24) is 0 Å². The van der Waals surface area contributed by atoms with Crippen LogP contribution in [0.15, 0.2) is 30.8 Å². The molecular formula is C9H8IN. The van der Waals surface area contributed by atoms with Gasteiger partial charge in [0, 0.05) is 5.56 Å². The fraction of sp³-hybridized carbons (Fsp3) is 0.111. The highest BCUT2D eigenvalue weighted by molar-refractivity contribution is 14.1. The number of hydrogen-bond acceptors (Lipinski definition) is 1. The molecule has 0 radical (unpaired) electrons. The Kier molecular flexibility index (Phi) is 1.64. The van der Waals surface area contributed by atoms with E-state index in [2.05, 4.69) is 56.8 Å². The van der Waals surface area contributed by atoms with Gasteiger partial charge in [-0.1, -0.05) is 24.8 Å². The van der Waals surface area contributed by atoms with Crippen LogP contribution in [0.1, 0.15) is 5.56 Å². The molecule has 1 aromatic rings. The van der Waals surface area contributed by atoms with Crippen LogP contribution in [-0.2, 0) is 0 Å². The van der Waals surface area contributed by atoms with Crippen LogP contribution < -0.4 is 3.11 Å². The first-order valence-electron chi connectivity index (χ1n) is 3.49. The molecule has 0 spiro atoms.